The Hall–Kier alpha value is 0.450. The van der Waals surface area contributed by atoms with E-state index in [1.165, 1.54) is 4.88 Å². The van der Waals surface area contributed by atoms with Gasteiger partial charge in [-0.05, 0) is 35.3 Å². The Kier molecular flexibility index (Phi) is 4.73. The molecule has 0 aromatic carbocycles. The molecule has 0 aliphatic carbocycles. The first kappa shape index (κ1) is 12.9. The summed E-state index contributed by atoms with van der Waals surface area (Å²) in [6.07, 6.45) is 1.51. The van der Waals surface area contributed by atoms with Gasteiger partial charge >= 0.3 is 0 Å². The second-order valence-corrected chi connectivity index (χ2v) is 7.24. The van der Waals surface area contributed by atoms with E-state index in [1.807, 2.05) is 11.8 Å². The number of thiophene rings is 1. The fourth-order valence-electron chi connectivity index (χ4n) is 1.84. The summed E-state index contributed by atoms with van der Waals surface area (Å²) < 4.78 is 6.74. The summed E-state index contributed by atoms with van der Waals surface area (Å²) in [4.78, 5) is 1.36. The molecule has 90 valence electrons. The summed E-state index contributed by atoms with van der Waals surface area (Å²) in [6, 6.07) is 2.18. The van der Waals surface area contributed by atoms with E-state index in [2.05, 4.69) is 34.3 Å². The van der Waals surface area contributed by atoms with Crippen molar-refractivity contribution >= 4 is 39.0 Å². The third-order valence-corrected chi connectivity index (χ3v) is 6.46. The van der Waals surface area contributed by atoms with E-state index in [0.717, 1.165) is 17.5 Å². The van der Waals surface area contributed by atoms with Gasteiger partial charge in [0.15, 0.2) is 0 Å². The average Bonchev–Trinajstić information content (AvgIpc) is 2.85. The Bertz CT molecular complexity index is 344. The minimum absolute atomic E-state index is 0.363. The van der Waals surface area contributed by atoms with Crippen molar-refractivity contribution in [3.63, 3.8) is 0 Å². The fraction of sp³-hybridized carbons (Fsp3) is 0.636. The van der Waals surface area contributed by atoms with Crippen molar-refractivity contribution in [3.05, 3.63) is 20.8 Å². The SMILES string of the molecule is CC1OCCC1SC(CN)c1cc(Br)cs1. The lowest BCUT2D eigenvalue weighted by Crippen LogP contribution is -2.18. The van der Waals surface area contributed by atoms with Gasteiger partial charge in [-0.3, -0.25) is 0 Å². The van der Waals surface area contributed by atoms with Crippen LogP contribution in [0.25, 0.3) is 0 Å². The van der Waals surface area contributed by atoms with Crippen LogP contribution in [0.2, 0.25) is 0 Å². The van der Waals surface area contributed by atoms with E-state index in [-0.39, 0.29) is 0 Å². The number of ether oxygens (including phenoxy) is 1. The van der Waals surface area contributed by atoms with Crippen LogP contribution in [0.3, 0.4) is 0 Å². The molecule has 1 aromatic heterocycles. The first-order valence-corrected chi connectivity index (χ1v) is 8.03. The van der Waals surface area contributed by atoms with Crippen molar-refractivity contribution in [1.82, 2.24) is 0 Å². The molecular weight excluding hydrogens is 306 g/mol. The van der Waals surface area contributed by atoms with Gasteiger partial charge in [0, 0.05) is 33.1 Å². The Morgan fingerprint density at radius 2 is 2.56 bits per heavy atom. The zero-order chi connectivity index (χ0) is 11.5. The Morgan fingerprint density at radius 1 is 1.75 bits per heavy atom. The number of thioether (sulfide) groups is 1. The van der Waals surface area contributed by atoms with Crippen molar-refractivity contribution in [2.45, 2.75) is 29.9 Å². The molecule has 1 aliphatic rings. The van der Waals surface area contributed by atoms with Crippen LogP contribution in [0.4, 0.5) is 0 Å². The lowest BCUT2D eigenvalue weighted by atomic mass is 10.2. The Morgan fingerprint density at radius 3 is 3.06 bits per heavy atom. The Labute approximate surface area is 113 Å². The number of hydrogen-bond acceptors (Lipinski definition) is 4. The molecule has 0 amide bonds. The number of nitrogens with two attached hydrogens (primary N) is 1. The molecule has 2 N–H and O–H groups in total. The van der Waals surface area contributed by atoms with Gasteiger partial charge in [0.2, 0.25) is 0 Å². The molecule has 0 bridgehead atoms. The predicted molar refractivity (Wildman–Crippen MR) is 75.2 cm³/mol. The van der Waals surface area contributed by atoms with Crippen molar-refractivity contribution in [3.8, 4) is 0 Å². The maximum Gasteiger partial charge on any atom is 0.0666 e. The minimum atomic E-state index is 0.363. The van der Waals surface area contributed by atoms with Crippen molar-refractivity contribution in [2.75, 3.05) is 13.2 Å². The van der Waals surface area contributed by atoms with E-state index in [9.17, 15) is 0 Å². The van der Waals surface area contributed by atoms with Crippen molar-refractivity contribution in [1.29, 1.82) is 0 Å². The average molecular weight is 322 g/mol. The molecule has 2 nitrogen and oxygen atoms in total. The topological polar surface area (TPSA) is 35.2 Å². The third-order valence-electron chi connectivity index (χ3n) is 2.76. The molecule has 1 fully saturated rings. The van der Waals surface area contributed by atoms with Gasteiger partial charge in [0.1, 0.15) is 0 Å². The summed E-state index contributed by atoms with van der Waals surface area (Å²) in [6.45, 7) is 3.74. The first-order chi connectivity index (χ1) is 7.70. The van der Waals surface area contributed by atoms with Crippen LogP contribution in [0.15, 0.2) is 15.9 Å². The molecule has 0 spiro atoms. The summed E-state index contributed by atoms with van der Waals surface area (Å²) in [5.41, 5.74) is 5.87. The summed E-state index contributed by atoms with van der Waals surface area (Å²) in [7, 11) is 0. The minimum Gasteiger partial charge on any atom is -0.377 e. The molecule has 16 heavy (non-hydrogen) atoms. The first-order valence-electron chi connectivity index (χ1n) is 5.41. The van der Waals surface area contributed by atoms with Crippen LogP contribution in [0, 0.1) is 0 Å². The molecule has 1 saturated heterocycles. The second-order valence-electron chi connectivity index (χ2n) is 3.93. The smallest absolute Gasteiger partial charge is 0.0666 e. The van der Waals surface area contributed by atoms with Gasteiger partial charge in [-0.25, -0.2) is 0 Å². The summed E-state index contributed by atoms with van der Waals surface area (Å²) in [5.74, 6) is 0. The summed E-state index contributed by atoms with van der Waals surface area (Å²) >= 11 is 7.23. The van der Waals surface area contributed by atoms with E-state index < -0.39 is 0 Å². The van der Waals surface area contributed by atoms with Gasteiger partial charge in [0.05, 0.1) is 11.4 Å². The van der Waals surface area contributed by atoms with Gasteiger partial charge < -0.3 is 10.5 Å². The van der Waals surface area contributed by atoms with Gasteiger partial charge in [-0.2, -0.15) is 0 Å². The molecule has 2 heterocycles. The zero-order valence-electron chi connectivity index (χ0n) is 9.19. The number of hydrogen-bond donors (Lipinski definition) is 1. The van der Waals surface area contributed by atoms with Crippen LogP contribution in [-0.4, -0.2) is 24.5 Å². The van der Waals surface area contributed by atoms with E-state index >= 15 is 0 Å². The van der Waals surface area contributed by atoms with Crippen molar-refractivity contribution < 1.29 is 4.74 Å². The quantitative estimate of drug-likeness (QED) is 0.922. The molecular formula is C11H16BrNOS2. The van der Waals surface area contributed by atoms with Gasteiger partial charge in [-0.1, -0.05) is 0 Å². The number of halogens is 1. The zero-order valence-corrected chi connectivity index (χ0v) is 12.4. The van der Waals surface area contributed by atoms with Crippen LogP contribution in [-0.2, 0) is 4.74 Å². The Balaban J connectivity index is 2.00. The third kappa shape index (κ3) is 3.01. The van der Waals surface area contributed by atoms with Crippen LogP contribution >= 0.6 is 39.0 Å². The molecule has 3 atom stereocenters. The van der Waals surface area contributed by atoms with Crippen LogP contribution in [0.5, 0.6) is 0 Å². The van der Waals surface area contributed by atoms with E-state index in [4.69, 9.17) is 10.5 Å². The lowest BCUT2D eigenvalue weighted by molar-refractivity contribution is 0.127. The standard InChI is InChI=1S/C11H16BrNOS2/c1-7-9(2-3-14-7)16-11(5-13)10-4-8(12)6-15-10/h4,6-7,9,11H,2-3,5,13H2,1H3. The molecule has 2 rings (SSSR count). The highest BCUT2D eigenvalue weighted by Crippen LogP contribution is 2.40. The molecule has 0 radical (unpaired) electrons. The van der Waals surface area contributed by atoms with E-state index in [1.54, 1.807) is 11.3 Å². The highest BCUT2D eigenvalue weighted by molar-refractivity contribution is 9.10. The van der Waals surface area contributed by atoms with Gasteiger partial charge in [-0.15, -0.1) is 23.1 Å². The predicted octanol–water partition coefficient (Wildman–Crippen LogP) is 3.42. The normalized spacial score (nSPS) is 27.2. The molecule has 5 heteroatoms. The largest absolute Gasteiger partial charge is 0.377 e. The maximum atomic E-state index is 5.87. The van der Waals surface area contributed by atoms with Crippen LogP contribution in [0.1, 0.15) is 23.5 Å². The fourth-order valence-corrected chi connectivity index (χ4v) is 4.88. The highest BCUT2D eigenvalue weighted by atomic mass is 79.9. The maximum absolute atomic E-state index is 5.87. The molecule has 1 aromatic rings. The molecule has 0 saturated carbocycles. The molecule has 1 aliphatic heterocycles. The summed E-state index contributed by atoms with van der Waals surface area (Å²) in [5, 5.41) is 3.12. The van der Waals surface area contributed by atoms with Crippen molar-refractivity contribution in [2.24, 2.45) is 5.73 Å². The highest BCUT2D eigenvalue weighted by Gasteiger charge is 2.28. The lowest BCUT2D eigenvalue weighted by Gasteiger charge is -2.19. The monoisotopic (exact) mass is 321 g/mol. The number of rotatable bonds is 4. The second kappa shape index (κ2) is 5.87. The van der Waals surface area contributed by atoms with Gasteiger partial charge in [0.25, 0.3) is 0 Å². The van der Waals surface area contributed by atoms with E-state index in [0.29, 0.717) is 23.1 Å². The molecule has 3 unspecified atom stereocenters. The van der Waals surface area contributed by atoms with Crippen LogP contribution < -0.4 is 5.73 Å².